The van der Waals surface area contributed by atoms with Gasteiger partial charge >= 0.3 is 6.09 Å². The number of rotatable bonds is 4. The number of carbonyl (C=O) groups is 2. The Hall–Kier alpha value is -1.85. The molecular weight excluding hydrogens is 358 g/mol. The molecule has 2 N–H and O–H groups in total. The lowest BCUT2D eigenvalue weighted by Gasteiger charge is -2.19. The van der Waals surface area contributed by atoms with Gasteiger partial charge in [-0.15, -0.1) is 11.8 Å². The van der Waals surface area contributed by atoms with Gasteiger partial charge in [0, 0.05) is 5.92 Å². The second-order valence-corrected chi connectivity index (χ2v) is 7.91. The average Bonchev–Trinajstić information content (AvgIpc) is 2.87. The van der Waals surface area contributed by atoms with E-state index < -0.39 is 34.0 Å². The Morgan fingerprint density at radius 1 is 1.50 bits per heavy atom. The number of amides is 2. The van der Waals surface area contributed by atoms with Crippen molar-refractivity contribution in [2.45, 2.75) is 11.0 Å². The number of hydrogen-bond donors (Lipinski definition) is 2. The van der Waals surface area contributed by atoms with E-state index in [0.717, 1.165) is 4.90 Å². The Kier molecular flexibility index (Phi) is 4.40. The zero-order valence-corrected chi connectivity index (χ0v) is 14.0. The molecular formula is C13H14N3O6S2. The fraction of sp³-hybridized carbons (Fsp3) is 0.385. The van der Waals surface area contributed by atoms with Gasteiger partial charge in [0.05, 0.1) is 22.9 Å². The summed E-state index contributed by atoms with van der Waals surface area (Å²) in [5, 5.41) is 2.63. The molecule has 0 aliphatic carbocycles. The van der Waals surface area contributed by atoms with Gasteiger partial charge in [-0.3, -0.25) is 14.2 Å². The third kappa shape index (κ3) is 3.62. The quantitative estimate of drug-likeness (QED) is 0.743. The molecule has 1 fully saturated rings. The maximum atomic E-state index is 12.0. The number of pyridine rings is 1. The van der Waals surface area contributed by atoms with Crippen molar-refractivity contribution in [1.29, 1.82) is 0 Å². The lowest BCUT2D eigenvalue weighted by Crippen LogP contribution is -2.30. The first-order chi connectivity index (χ1) is 11.2. The van der Waals surface area contributed by atoms with Crippen molar-refractivity contribution in [2.24, 2.45) is 5.92 Å². The van der Waals surface area contributed by atoms with E-state index >= 15 is 0 Å². The van der Waals surface area contributed by atoms with Crippen LogP contribution in [0.3, 0.4) is 0 Å². The fourth-order valence-electron chi connectivity index (χ4n) is 2.40. The fourth-order valence-corrected chi connectivity index (χ4v) is 3.91. The van der Waals surface area contributed by atoms with Crippen LogP contribution in [0.2, 0.25) is 0 Å². The van der Waals surface area contributed by atoms with E-state index in [4.69, 9.17) is 9.29 Å². The maximum absolute atomic E-state index is 12.0. The van der Waals surface area contributed by atoms with Gasteiger partial charge < -0.3 is 10.1 Å². The Morgan fingerprint density at radius 3 is 2.96 bits per heavy atom. The number of fused-ring (bicyclic) bond motifs is 1. The van der Waals surface area contributed by atoms with Gasteiger partial charge in [0.15, 0.2) is 0 Å². The number of nitrogens with one attached hydrogen (secondary N) is 1. The van der Waals surface area contributed by atoms with Crippen molar-refractivity contribution >= 4 is 45.5 Å². The molecule has 1 radical (unpaired) electrons. The van der Waals surface area contributed by atoms with Gasteiger partial charge in [0.2, 0.25) is 5.91 Å². The molecule has 24 heavy (non-hydrogen) atoms. The van der Waals surface area contributed by atoms with E-state index in [9.17, 15) is 18.0 Å². The number of aromatic nitrogens is 1. The molecule has 1 aromatic heterocycles. The highest BCUT2D eigenvalue weighted by molar-refractivity contribution is 8.00. The highest BCUT2D eigenvalue weighted by Gasteiger charge is 2.38. The molecule has 0 bridgehead atoms. The van der Waals surface area contributed by atoms with Crippen LogP contribution in [0.4, 0.5) is 16.4 Å². The number of cyclic esters (lactones) is 1. The molecule has 129 valence electrons. The van der Waals surface area contributed by atoms with Gasteiger partial charge in [-0.25, -0.2) is 9.78 Å². The molecule has 0 spiro atoms. The van der Waals surface area contributed by atoms with Gasteiger partial charge in [0.25, 0.3) is 10.1 Å². The van der Waals surface area contributed by atoms with Crippen molar-refractivity contribution in [3.05, 3.63) is 19.1 Å². The smallest absolute Gasteiger partial charge is 0.415 e. The largest absolute Gasteiger partial charge is 0.444 e. The van der Waals surface area contributed by atoms with E-state index in [-0.39, 0.29) is 18.3 Å². The van der Waals surface area contributed by atoms with Crippen LogP contribution in [-0.4, -0.2) is 54.1 Å². The number of nitrogens with zero attached hydrogens (tertiary/aromatic N) is 2. The minimum Gasteiger partial charge on any atom is -0.444 e. The molecule has 2 aliphatic rings. The van der Waals surface area contributed by atoms with Gasteiger partial charge in [-0.05, 0) is 19.1 Å². The van der Waals surface area contributed by atoms with E-state index in [0.29, 0.717) is 11.6 Å². The minimum atomic E-state index is -4.22. The minimum absolute atomic E-state index is 0.0510. The summed E-state index contributed by atoms with van der Waals surface area (Å²) in [4.78, 5) is 29.7. The summed E-state index contributed by atoms with van der Waals surface area (Å²) in [6, 6.07) is 3.36. The average molecular weight is 372 g/mol. The summed E-state index contributed by atoms with van der Waals surface area (Å²) in [5.41, 5.74) is 0. The SMILES string of the molecule is [CH2]C(CS(=O)(=O)O)[C@H]1CN(c2ccc3c(n2)NC(=O)CS3)C(=O)O1. The number of ether oxygens (including phenoxy) is 1. The topological polar surface area (TPSA) is 126 Å². The van der Waals surface area contributed by atoms with Crippen LogP contribution in [0.1, 0.15) is 0 Å². The van der Waals surface area contributed by atoms with Crippen LogP contribution in [-0.2, 0) is 19.6 Å². The molecule has 2 aliphatic heterocycles. The van der Waals surface area contributed by atoms with Crippen LogP contribution in [0.5, 0.6) is 0 Å². The lowest BCUT2D eigenvalue weighted by atomic mass is 10.1. The maximum Gasteiger partial charge on any atom is 0.415 e. The molecule has 2 amide bonds. The van der Waals surface area contributed by atoms with E-state index in [1.165, 1.54) is 16.7 Å². The summed E-state index contributed by atoms with van der Waals surface area (Å²) >= 11 is 1.35. The number of thioether (sulfide) groups is 1. The van der Waals surface area contributed by atoms with Crippen molar-refractivity contribution in [3.8, 4) is 0 Å². The molecule has 0 aromatic carbocycles. The van der Waals surface area contributed by atoms with Crippen LogP contribution < -0.4 is 10.2 Å². The molecule has 2 atom stereocenters. The van der Waals surface area contributed by atoms with Gasteiger partial charge in [-0.2, -0.15) is 8.42 Å². The predicted octanol–water partition coefficient (Wildman–Crippen LogP) is 0.789. The number of hydrogen-bond acceptors (Lipinski definition) is 7. The van der Waals surface area contributed by atoms with Crippen LogP contribution in [0.15, 0.2) is 17.0 Å². The third-order valence-corrected chi connectivity index (χ3v) is 5.42. The van der Waals surface area contributed by atoms with Crippen molar-refractivity contribution < 1.29 is 27.3 Å². The van der Waals surface area contributed by atoms with Crippen molar-refractivity contribution in [2.75, 3.05) is 28.3 Å². The van der Waals surface area contributed by atoms with Crippen molar-refractivity contribution in [1.82, 2.24) is 4.98 Å². The summed E-state index contributed by atoms with van der Waals surface area (Å²) < 4.78 is 35.9. The molecule has 3 rings (SSSR count). The molecule has 3 heterocycles. The molecule has 9 nitrogen and oxygen atoms in total. The Bertz CT molecular complexity index is 797. The Labute approximate surface area is 142 Å². The first-order valence-electron chi connectivity index (χ1n) is 6.93. The lowest BCUT2D eigenvalue weighted by molar-refractivity contribution is -0.113. The second kappa shape index (κ2) is 6.22. The van der Waals surface area contributed by atoms with Crippen LogP contribution in [0.25, 0.3) is 0 Å². The van der Waals surface area contributed by atoms with Gasteiger partial charge in [-0.1, -0.05) is 0 Å². The Balaban J connectivity index is 1.77. The highest BCUT2D eigenvalue weighted by Crippen LogP contribution is 2.33. The summed E-state index contributed by atoms with van der Waals surface area (Å²) in [7, 11) is -4.22. The summed E-state index contributed by atoms with van der Waals surface area (Å²) in [6.07, 6.45) is -1.48. The standard InChI is InChI=1S/C13H14N3O6S2/c1-7(6-24(19,20)21)8-4-16(13(18)22-8)10-3-2-9-12(14-10)15-11(17)5-23-9/h2-3,7-8H,1,4-6H2,(H,14,15,17)(H,19,20,21)/t7?,8-/m1/s1. The monoisotopic (exact) mass is 372 g/mol. The highest BCUT2D eigenvalue weighted by atomic mass is 32.2. The predicted molar refractivity (Wildman–Crippen MR) is 86.5 cm³/mol. The zero-order valence-electron chi connectivity index (χ0n) is 12.3. The molecule has 1 saturated heterocycles. The van der Waals surface area contributed by atoms with E-state index in [1.807, 2.05) is 0 Å². The second-order valence-electron chi connectivity index (χ2n) is 5.39. The molecule has 1 aromatic rings. The first-order valence-corrected chi connectivity index (χ1v) is 9.52. The molecule has 1 unspecified atom stereocenters. The first kappa shape index (κ1) is 17.0. The summed E-state index contributed by atoms with van der Waals surface area (Å²) in [5.74, 6) is -0.645. The zero-order chi connectivity index (χ0) is 17.5. The third-order valence-electron chi connectivity index (χ3n) is 3.52. The van der Waals surface area contributed by atoms with Gasteiger partial charge in [0.1, 0.15) is 17.7 Å². The van der Waals surface area contributed by atoms with Crippen molar-refractivity contribution in [3.63, 3.8) is 0 Å². The van der Waals surface area contributed by atoms with Crippen LogP contribution >= 0.6 is 11.8 Å². The summed E-state index contributed by atoms with van der Waals surface area (Å²) in [6.45, 7) is 3.68. The number of carbonyl (C=O) groups excluding carboxylic acids is 2. The Morgan fingerprint density at radius 2 is 2.25 bits per heavy atom. The van der Waals surface area contributed by atoms with E-state index in [2.05, 4.69) is 17.2 Å². The van der Waals surface area contributed by atoms with E-state index in [1.54, 1.807) is 12.1 Å². The normalized spacial score (nSPS) is 21.9. The number of anilines is 2. The molecule has 11 heteroatoms. The molecule has 0 saturated carbocycles. The van der Waals surface area contributed by atoms with Crippen LogP contribution in [0, 0.1) is 12.8 Å².